The van der Waals surface area contributed by atoms with Crippen LogP contribution in [0.4, 0.5) is 0 Å². The lowest BCUT2D eigenvalue weighted by Crippen LogP contribution is -2.24. The molecule has 0 unspecified atom stereocenters. The second kappa shape index (κ2) is 8.28. The number of rotatable bonds is 5. The van der Waals surface area contributed by atoms with Crippen LogP contribution in [0.15, 0.2) is 69.3 Å². The Morgan fingerprint density at radius 2 is 1.82 bits per heavy atom. The van der Waals surface area contributed by atoms with Crippen LogP contribution in [0, 0.1) is 0 Å². The Hall–Kier alpha value is -3.23. The Morgan fingerprint density at radius 3 is 2.70 bits per heavy atom. The number of nitrogens with one attached hydrogen (secondary N) is 1. The van der Waals surface area contributed by atoms with E-state index in [2.05, 4.69) is 4.98 Å². The first kappa shape index (κ1) is 20.4. The van der Waals surface area contributed by atoms with Gasteiger partial charge in [-0.15, -0.1) is 11.3 Å². The quantitative estimate of drug-likeness (QED) is 0.300. The predicted octanol–water partition coefficient (Wildman–Crippen LogP) is 4.52. The minimum Gasteiger partial charge on any atom is -0.309 e. The van der Waals surface area contributed by atoms with Crippen molar-refractivity contribution < 1.29 is 0 Å². The van der Waals surface area contributed by atoms with Crippen LogP contribution < -0.4 is 11.1 Å². The lowest BCUT2D eigenvalue weighted by Gasteiger charge is -2.13. The molecule has 0 spiro atoms. The van der Waals surface area contributed by atoms with Crippen LogP contribution in [0.3, 0.4) is 0 Å². The summed E-state index contributed by atoms with van der Waals surface area (Å²) >= 11 is 3.05. The van der Waals surface area contributed by atoms with Gasteiger partial charge in [-0.3, -0.25) is 14.2 Å². The molecule has 1 N–H and O–H groups in total. The number of H-pyrrole nitrogens is 1. The maximum Gasteiger partial charge on any atom is 0.262 e. The van der Waals surface area contributed by atoms with E-state index in [0.29, 0.717) is 34.2 Å². The standard InChI is InChI=1S/C25H20N4O2S2/c30-22-21-17-10-6-12-19(17)33-23(21)28-20(27-22)14-32-25-26-18-11-5-4-9-16(18)24(31)29(25)13-15-7-2-1-3-8-15/h1-5,7-9,11H,6,10,12-14H2,(H,27,28,30). The summed E-state index contributed by atoms with van der Waals surface area (Å²) in [4.78, 5) is 40.7. The number of thioether (sulfide) groups is 1. The molecule has 164 valence electrons. The van der Waals surface area contributed by atoms with Gasteiger partial charge in [0.15, 0.2) is 5.16 Å². The number of aromatic amines is 1. The Morgan fingerprint density at radius 1 is 1.00 bits per heavy atom. The summed E-state index contributed by atoms with van der Waals surface area (Å²) in [6, 6.07) is 17.3. The summed E-state index contributed by atoms with van der Waals surface area (Å²) in [5.74, 6) is 1.03. The topological polar surface area (TPSA) is 80.6 Å². The number of hydrogen-bond acceptors (Lipinski definition) is 6. The maximum atomic E-state index is 13.3. The lowest BCUT2D eigenvalue weighted by atomic mass is 10.2. The molecule has 2 aromatic carbocycles. The van der Waals surface area contributed by atoms with E-state index in [9.17, 15) is 9.59 Å². The van der Waals surface area contributed by atoms with E-state index in [0.717, 1.165) is 35.0 Å². The third-order valence-corrected chi connectivity index (χ3v) is 8.15. The lowest BCUT2D eigenvalue weighted by molar-refractivity contribution is 0.658. The Kier molecular flexibility index (Phi) is 5.11. The van der Waals surface area contributed by atoms with Crippen LogP contribution in [-0.4, -0.2) is 19.5 Å². The van der Waals surface area contributed by atoms with E-state index in [1.807, 2.05) is 54.6 Å². The van der Waals surface area contributed by atoms with Gasteiger partial charge in [0.05, 0.1) is 28.6 Å². The van der Waals surface area contributed by atoms with Crippen molar-refractivity contribution in [3.63, 3.8) is 0 Å². The van der Waals surface area contributed by atoms with Crippen LogP contribution in [0.1, 0.15) is 28.2 Å². The minimum absolute atomic E-state index is 0.0665. The molecule has 0 atom stereocenters. The zero-order chi connectivity index (χ0) is 22.4. The number of thiophene rings is 1. The molecule has 1 aliphatic carbocycles. The molecule has 0 saturated heterocycles. The first-order chi connectivity index (χ1) is 16.2. The monoisotopic (exact) mass is 472 g/mol. The van der Waals surface area contributed by atoms with Gasteiger partial charge in [-0.1, -0.05) is 54.2 Å². The number of para-hydroxylation sites is 1. The van der Waals surface area contributed by atoms with Crippen molar-refractivity contribution >= 4 is 44.2 Å². The normalized spacial score (nSPS) is 13.1. The van der Waals surface area contributed by atoms with Crippen molar-refractivity contribution in [2.75, 3.05) is 0 Å². The number of fused-ring (bicyclic) bond motifs is 4. The molecule has 0 saturated carbocycles. The van der Waals surface area contributed by atoms with E-state index in [1.54, 1.807) is 15.9 Å². The molecule has 0 bridgehead atoms. The van der Waals surface area contributed by atoms with Crippen LogP contribution in [-0.2, 0) is 25.1 Å². The number of hydrogen-bond donors (Lipinski definition) is 1. The average Bonchev–Trinajstić information content (AvgIpc) is 3.41. The SMILES string of the molecule is O=c1[nH]c(CSc2nc3ccccc3c(=O)n2Cc2ccccc2)nc2sc3c(c12)CCC3. The summed E-state index contributed by atoms with van der Waals surface area (Å²) in [6.45, 7) is 0.431. The molecule has 3 heterocycles. The molecule has 0 fully saturated rings. The van der Waals surface area contributed by atoms with Crippen molar-refractivity contribution in [2.45, 2.75) is 36.7 Å². The molecule has 0 amide bonds. The van der Waals surface area contributed by atoms with Gasteiger partial charge in [0.25, 0.3) is 11.1 Å². The summed E-state index contributed by atoms with van der Waals surface area (Å²) in [6.07, 6.45) is 3.11. The molecular weight excluding hydrogens is 452 g/mol. The summed E-state index contributed by atoms with van der Waals surface area (Å²) < 4.78 is 1.71. The third-order valence-electron chi connectivity index (χ3n) is 5.97. The van der Waals surface area contributed by atoms with Gasteiger partial charge in [-0.2, -0.15) is 0 Å². The van der Waals surface area contributed by atoms with Crippen molar-refractivity contribution in [2.24, 2.45) is 0 Å². The average molecular weight is 473 g/mol. The largest absolute Gasteiger partial charge is 0.309 e. The van der Waals surface area contributed by atoms with E-state index in [1.165, 1.54) is 22.2 Å². The van der Waals surface area contributed by atoms with Crippen molar-refractivity contribution in [3.05, 3.63) is 97.1 Å². The number of nitrogens with zero attached hydrogens (tertiary/aromatic N) is 3. The van der Waals surface area contributed by atoms with Crippen LogP contribution in [0.25, 0.3) is 21.1 Å². The molecular formula is C25H20N4O2S2. The van der Waals surface area contributed by atoms with E-state index in [4.69, 9.17) is 9.97 Å². The van der Waals surface area contributed by atoms with Gasteiger partial charge < -0.3 is 4.98 Å². The fraction of sp³-hybridized carbons (Fsp3) is 0.200. The first-order valence-corrected chi connectivity index (χ1v) is 12.7. The number of aromatic nitrogens is 4. The smallest absolute Gasteiger partial charge is 0.262 e. The molecule has 6 nitrogen and oxygen atoms in total. The van der Waals surface area contributed by atoms with Gasteiger partial charge in [0.1, 0.15) is 10.7 Å². The zero-order valence-electron chi connectivity index (χ0n) is 17.7. The molecule has 0 radical (unpaired) electrons. The summed E-state index contributed by atoms with van der Waals surface area (Å²) in [7, 11) is 0. The van der Waals surface area contributed by atoms with Gasteiger partial charge in [-0.05, 0) is 42.5 Å². The summed E-state index contributed by atoms with van der Waals surface area (Å²) in [5.41, 5.74) is 2.73. The van der Waals surface area contributed by atoms with Crippen LogP contribution in [0.2, 0.25) is 0 Å². The first-order valence-electron chi connectivity index (χ1n) is 10.9. The minimum atomic E-state index is -0.0708. The second-order valence-corrected chi connectivity index (χ2v) is 10.2. The van der Waals surface area contributed by atoms with Gasteiger partial charge in [0, 0.05) is 4.88 Å². The van der Waals surface area contributed by atoms with Gasteiger partial charge in [0.2, 0.25) is 0 Å². The Bertz CT molecular complexity index is 1620. The van der Waals surface area contributed by atoms with Crippen LogP contribution in [0.5, 0.6) is 0 Å². The summed E-state index contributed by atoms with van der Waals surface area (Å²) in [5, 5.41) is 1.96. The molecule has 33 heavy (non-hydrogen) atoms. The predicted molar refractivity (Wildman–Crippen MR) is 133 cm³/mol. The van der Waals surface area contributed by atoms with Crippen molar-refractivity contribution in [3.8, 4) is 0 Å². The highest BCUT2D eigenvalue weighted by molar-refractivity contribution is 7.98. The Balaban J connectivity index is 1.38. The van der Waals surface area contributed by atoms with E-state index < -0.39 is 0 Å². The van der Waals surface area contributed by atoms with Crippen molar-refractivity contribution in [1.82, 2.24) is 19.5 Å². The number of benzene rings is 2. The van der Waals surface area contributed by atoms with E-state index in [-0.39, 0.29) is 11.1 Å². The molecule has 5 aromatic rings. The fourth-order valence-corrected chi connectivity index (χ4v) is 6.56. The number of aryl methyl sites for hydroxylation is 2. The molecule has 0 aliphatic heterocycles. The van der Waals surface area contributed by atoms with Crippen LogP contribution >= 0.6 is 23.1 Å². The molecule has 3 aromatic heterocycles. The third kappa shape index (κ3) is 3.69. The molecule has 6 rings (SSSR count). The highest BCUT2D eigenvalue weighted by Crippen LogP contribution is 2.34. The fourth-order valence-electron chi connectivity index (χ4n) is 4.41. The zero-order valence-corrected chi connectivity index (χ0v) is 19.3. The molecule has 1 aliphatic rings. The second-order valence-electron chi connectivity index (χ2n) is 8.13. The highest BCUT2D eigenvalue weighted by Gasteiger charge is 2.21. The maximum absolute atomic E-state index is 13.3. The van der Waals surface area contributed by atoms with Gasteiger partial charge in [-0.25, -0.2) is 9.97 Å². The van der Waals surface area contributed by atoms with Gasteiger partial charge >= 0.3 is 0 Å². The molecule has 8 heteroatoms. The van der Waals surface area contributed by atoms with Crippen molar-refractivity contribution in [1.29, 1.82) is 0 Å². The Labute approximate surface area is 197 Å². The van der Waals surface area contributed by atoms with E-state index >= 15 is 0 Å². The highest BCUT2D eigenvalue weighted by atomic mass is 32.2.